The first-order valence-corrected chi connectivity index (χ1v) is 8.36. The Morgan fingerprint density at radius 1 is 1.41 bits per heavy atom. The van der Waals surface area contributed by atoms with E-state index in [9.17, 15) is 18.5 Å². The molecule has 0 amide bonds. The number of aromatic nitrogens is 2. The van der Waals surface area contributed by atoms with Crippen molar-refractivity contribution in [1.82, 2.24) is 9.55 Å². The number of hydrogen-bond donors (Lipinski definition) is 1. The summed E-state index contributed by atoms with van der Waals surface area (Å²) < 4.78 is 25.5. The molecule has 2 aromatic rings. The van der Waals surface area contributed by atoms with Crippen LogP contribution in [0.5, 0.6) is 0 Å². The van der Waals surface area contributed by atoms with E-state index in [-0.39, 0.29) is 10.6 Å². The maximum atomic E-state index is 11.8. The second-order valence-corrected chi connectivity index (χ2v) is 6.87. The quantitative estimate of drug-likeness (QED) is 0.635. The Morgan fingerprint density at radius 3 is 2.68 bits per heavy atom. The molecule has 118 valence electrons. The molecule has 0 aliphatic carbocycles. The summed E-state index contributed by atoms with van der Waals surface area (Å²) in [4.78, 5) is 14.1. The zero-order valence-corrected chi connectivity index (χ0v) is 13.0. The van der Waals surface area contributed by atoms with Crippen molar-refractivity contribution in [3.05, 3.63) is 46.5 Å². The number of rotatable bonds is 6. The summed E-state index contributed by atoms with van der Waals surface area (Å²) in [5.74, 6) is 0. The van der Waals surface area contributed by atoms with Crippen LogP contribution in [0.2, 0.25) is 0 Å². The SMILES string of the molecule is Cn1cncc1CCNc1ccc([N+](=O)[O-])cc1S(C)(=O)=O. The van der Waals surface area contributed by atoms with Crippen LogP contribution in [0.3, 0.4) is 0 Å². The molecule has 0 unspecified atom stereocenters. The monoisotopic (exact) mass is 324 g/mol. The number of nitro benzene ring substituents is 1. The van der Waals surface area contributed by atoms with Gasteiger partial charge in [0.15, 0.2) is 9.84 Å². The number of sulfone groups is 1. The minimum Gasteiger partial charge on any atom is -0.384 e. The molecular weight excluding hydrogens is 308 g/mol. The lowest BCUT2D eigenvalue weighted by molar-refractivity contribution is -0.385. The summed E-state index contributed by atoms with van der Waals surface area (Å²) in [6.45, 7) is 0.486. The third-order valence-corrected chi connectivity index (χ3v) is 4.33. The number of aryl methyl sites for hydroxylation is 1. The van der Waals surface area contributed by atoms with E-state index >= 15 is 0 Å². The fourth-order valence-electron chi connectivity index (χ4n) is 2.03. The van der Waals surface area contributed by atoms with Crippen LogP contribution < -0.4 is 5.32 Å². The molecule has 22 heavy (non-hydrogen) atoms. The van der Waals surface area contributed by atoms with Gasteiger partial charge in [-0.2, -0.15) is 0 Å². The molecule has 0 aliphatic rings. The van der Waals surface area contributed by atoms with Gasteiger partial charge in [-0.15, -0.1) is 0 Å². The van der Waals surface area contributed by atoms with Crippen molar-refractivity contribution in [2.45, 2.75) is 11.3 Å². The van der Waals surface area contributed by atoms with Crippen LogP contribution in [0.1, 0.15) is 5.69 Å². The van der Waals surface area contributed by atoms with Gasteiger partial charge in [-0.1, -0.05) is 0 Å². The number of nitro groups is 1. The lowest BCUT2D eigenvalue weighted by Crippen LogP contribution is -2.11. The molecule has 0 saturated carbocycles. The largest absolute Gasteiger partial charge is 0.384 e. The number of non-ortho nitro benzene ring substituents is 1. The van der Waals surface area contributed by atoms with E-state index in [0.29, 0.717) is 18.7 Å². The van der Waals surface area contributed by atoms with E-state index < -0.39 is 14.8 Å². The molecule has 0 aliphatic heterocycles. The van der Waals surface area contributed by atoms with Gasteiger partial charge < -0.3 is 9.88 Å². The molecule has 0 saturated heterocycles. The van der Waals surface area contributed by atoms with E-state index in [1.165, 1.54) is 12.1 Å². The van der Waals surface area contributed by atoms with Gasteiger partial charge in [-0.05, 0) is 6.07 Å². The minimum absolute atomic E-state index is 0.0771. The second-order valence-electron chi connectivity index (χ2n) is 4.88. The Balaban J connectivity index is 2.20. The molecule has 1 aromatic heterocycles. The van der Waals surface area contributed by atoms with E-state index in [0.717, 1.165) is 18.0 Å². The van der Waals surface area contributed by atoms with Crippen LogP contribution >= 0.6 is 0 Å². The molecule has 2 rings (SSSR count). The van der Waals surface area contributed by atoms with E-state index in [4.69, 9.17) is 0 Å². The van der Waals surface area contributed by atoms with Crippen LogP contribution in [-0.2, 0) is 23.3 Å². The maximum Gasteiger partial charge on any atom is 0.270 e. The topological polar surface area (TPSA) is 107 Å². The van der Waals surface area contributed by atoms with Gasteiger partial charge in [-0.3, -0.25) is 10.1 Å². The Bertz CT molecular complexity index is 798. The summed E-state index contributed by atoms with van der Waals surface area (Å²) in [7, 11) is -1.70. The average molecular weight is 324 g/mol. The molecular formula is C13H16N4O4S. The lowest BCUT2D eigenvalue weighted by atomic mass is 10.2. The average Bonchev–Trinajstić information content (AvgIpc) is 2.83. The summed E-state index contributed by atoms with van der Waals surface area (Å²) in [5, 5.41) is 13.8. The Kier molecular flexibility index (Phi) is 4.45. The molecule has 0 spiro atoms. The van der Waals surface area contributed by atoms with Gasteiger partial charge >= 0.3 is 0 Å². The van der Waals surface area contributed by atoms with Gasteiger partial charge in [0.05, 0.1) is 21.8 Å². The van der Waals surface area contributed by atoms with Gasteiger partial charge in [0.25, 0.3) is 5.69 Å². The Hall–Kier alpha value is -2.42. The van der Waals surface area contributed by atoms with Gasteiger partial charge in [0.2, 0.25) is 0 Å². The molecule has 9 heteroatoms. The van der Waals surface area contributed by atoms with Crippen LogP contribution in [0.4, 0.5) is 11.4 Å². The summed E-state index contributed by atoms with van der Waals surface area (Å²) in [6, 6.07) is 3.76. The second kappa shape index (κ2) is 6.14. The first-order chi connectivity index (χ1) is 10.3. The predicted octanol–water partition coefficient (Wildman–Crippen LogP) is 1.39. The van der Waals surface area contributed by atoms with Crippen LogP contribution in [0, 0.1) is 10.1 Å². The normalized spacial score (nSPS) is 11.4. The predicted molar refractivity (Wildman–Crippen MR) is 81.6 cm³/mol. The highest BCUT2D eigenvalue weighted by Crippen LogP contribution is 2.26. The molecule has 1 heterocycles. The summed E-state index contributed by atoms with van der Waals surface area (Å²) in [5.41, 5.74) is 1.10. The molecule has 0 bridgehead atoms. The molecule has 1 aromatic carbocycles. The number of nitrogens with one attached hydrogen (secondary N) is 1. The fraction of sp³-hybridized carbons (Fsp3) is 0.308. The molecule has 8 nitrogen and oxygen atoms in total. The van der Waals surface area contributed by atoms with Gasteiger partial charge in [0, 0.05) is 50.3 Å². The third-order valence-electron chi connectivity index (χ3n) is 3.19. The highest BCUT2D eigenvalue weighted by molar-refractivity contribution is 7.90. The third kappa shape index (κ3) is 3.61. The number of nitrogens with zero attached hydrogens (tertiary/aromatic N) is 3. The minimum atomic E-state index is -3.57. The maximum absolute atomic E-state index is 11.8. The van der Waals surface area contributed by atoms with Crippen molar-refractivity contribution < 1.29 is 13.3 Å². The molecule has 1 N–H and O–H groups in total. The van der Waals surface area contributed by atoms with Crippen LogP contribution in [0.15, 0.2) is 35.6 Å². The first-order valence-electron chi connectivity index (χ1n) is 6.46. The van der Waals surface area contributed by atoms with Crippen LogP contribution in [0.25, 0.3) is 0 Å². The Morgan fingerprint density at radius 2 is 2.14 bits per heavy atom. The smallest absolute Gasteiger partial charge is 0.270 e. The van der Waals surface area contributed by atoms with Crippen molar-refractivity contribution >= 4 is 21.2 Å². The van der Waals surface area contributed by atoms with Crippen molar-refractivity contribution in [3.8, 4) is 0 Å². The number of hydrogen-bond acceptors (Lipinski definition) is 6. The molecule has 0 atom stereocenters. The van der Waals surface area contributed by atoms with E-state index in [2.05, 4.69) is 10.3 Å². The first kappa shape index (κ1) is 16.0. The highest BCUT2D eigenvalue weighted by Gasteiger charge is 2.18. The zero-order valence-electron chi connectivity index (χ0n) is 12.2. The van der Waals surface area contributed by atoms with Crippen molar-refractivity contribution in [3.63, 3.8) is 0 Å². The Labute approximate surface area is 127 Å². The highest BCUT2D eigenvalue weighted by atomic mass is 32.2. The summed E-state index contributed by atoms with van der Waals surface area (Å²) in [6.07, 6.45) is 5.09. The van der Waals surface area contributed by atoms with Gasteiger partial charge in [-0.25, -0.2) is 13.4 Å². The van der Waals surface area contributed by atoms with Gasteiger partial charge in [0.1, 0.15) is 0 Å². The standard InChI is InChI=1S/C13H16N4O4S/c1-16-9-14-8-11(16)5-6-15-12-4-3-10(17(18)19)7-13(12)22(2,20)21/h3-4,7-9,15H,5-6H2,1-2H3. The van der Waals surface area contributed by atoms with Crippen LogP contribution in [-0.4, -0.2) is 35.7 Å². The zero-order chi connectivity index (χ0) is 16.3. The lowest BCUT2D eigenvalue weighted by Gasteiger charge is -2.11. The molecule has 0 radical (unpaired) electrons. The van der Waals surface area contributed by atoms with Crippen molar-refractivity contribution in [1.29, 1.82) is 0 Å². The van der Waals surface area contributed by atoms with Crippen molar-refractivity contribution in [2.75, 3.05) is 18.1 Å². The van der Waals surface area contributed by atoms with E-state index in [1.54, 1.807) is 12.5 Å². The van der Waals surface area contributed by atoms with Crippen molar-refractivity contribution in [2.24, 2.45) is 7.05 Å². The number of imidazole rings is 1. The summed E-state index contributed by atoms with van der Waals surface area (Å²) >= 11 is 0. The van der Waals surface area contributed by atoms with E-state index in [1.807, 2.05) is 11.6 Å². The fourth-order valence-corrected chi connectivity index (χ4v) is 2.90. The number of benzene rings is 1. The number of anilines is 1. The molecule has 0 fully saturated rings.